The van der Waals surface area contributed by atoms with Gasteiger partial charge in [-0.15, -0.1) is 0 Å². The van der Waals surface area contributed by atoms with Crippen molar-refractivity contribution in [3.05, 3.63) is 41.1 Å². The number of hydrogen-bond donors (Lipinski definition) is 1. The lowest BCUT2D eigenvalue weighted by Crippen LogP contribution is -2.39. The molecule has 1 fully saturated rings. The number of carboxylic acids is 1. The van der Waals surface area contributed by atoms with Crippen LogP contribution in [0.2, 0.25) is 0 Å². The van der Waals surface area contributed by atoms with Crippen molar-refractivity contribution in [2.75, 3.05) is 18.0 Å². The zero-order chi connectivity index (χ0) is 16.2. The average Bonchev–Trinajstić information content (AvgIpc) is 2.57. The number of ether oxygens (including phenoxy) is 1. The number of anilines is 1. The zero-order valence-electron chi connectivity index (χ0n) is 12.4. The van der Waals surface area contributed by atoms with E-state index in [9.17, 15) is 9.90 Å². The van der Waals surface area contributed by atoms with Crippen molar-refractivity contribution in [1.29, 1.82) is 0 Å². The summed E-state index contributed by atoms with van der Waals surface area (Å²) in [7, 11) is 0. The van der Waals surface area contributed by atoms with Crippen LogP contribution in [0.5, 0.6) is 11.6 Å². The van der Waals surface area contributed by atoms with Gasteiger partial charge in [0, 0.05) is 30.0 Å². The molecule has 1 N–H and O–H groups in total. The van der Waals surface area contributed by atoms with E-state index in [0.29, 0.717) is 30.4 Å². The molecule has 1 aromatic heterocycles. The van der Waals surface area contributed by atoms with Gasteiger partial charge in [0.1, 0.15) is 5.75 Å². The Kier molecular flexibility index (Phi) is 4.76. The van der Waals surface area contributed by atoms with Crippen LogP contribution in [0.1, 0.15) is 12.8 Å². The van der Waals surface area contributed by atoms with Crippen LogP contribution in [-0.4, -0.2) is 34.1 Å². The lowest BCUT2D eigenvalue weighted by Gasteiger charge is -2.31. The topological polar surface area (TPSA) is 75.5 Å². The van der Waals surface area contributed by atoms with Crippen LogP contribution in [0.4, 0.5) is 5.82 Å². The molecule has 1 aromatic carbocycles. The Hall–Kier alpha value is -2.15. The van der Waals surface area contributed by atoms with Crippen LogP contribution >= 0.6 is 15.9 Å². The van der Waals surface area contributed by atoms with Gasteiger partial charge in [-0.25, -0.2) is 9.97 Å². The van der Waals surface area contributed by atoms with E-state index in [1.807, 2.05) is 29.2 Å². The predicted octanol–water partition coefficient (Wildman–Crippen LogP) is 3.33. The van der Waals surface area contributed by atoms with Crippen molar-refractivity contribution in [3.8, 4) is 11.6 Å². The maximum absolute atomic E-state index is 11.2. The van der Waals surface area contributed by atoms with Gasteiger partial charge >= 0.3 is 5.97 Å². The van der Waals surface area contributed by atoms with Crippen molar-refractivity contribution < 1.29 is 14.6 Å². The molecule has 0 amide bonds. The van der Waals surface area contributed by atoms with E-state index in [0.717, 1.165) is 17.4 Å². The van der Waals surface area contributed by atoms with Crippen LogP contribution < -0.4 is 9.64 Å². The number of aliphatic carboxylic acids is 1. The van der Waals surface area contributed by atoms with Gasteiger partial charge in [0.25, 0.3) is 5.88 Å². The molecule has 1 unspecified atom stereocenters. The molecule has 0 bridgehead atoms. The number of carbonyl (C=O) groups is 1. The van der Waals surface area contributed by atoms with Crippen molar-refractivity contribution in [3.63, 3.8) is 0 Å². The minimum atomic E-state index is -0.769. The highest BCUT2D eigenvalue weighted by molar-refractivity contribution is 9.10. The zero-order valence-corrected chi connectivity index (χ0v) is 13.9. The van der Waals surface area contributed by atoms with Gasteiger partial charge in [-0.05, 0) is 37.1 Å². The summed E-state index contributed by atoms with van der Waals surface area (Å²) < 4.78 is 6.79. The van der Waals surface area contributed by atoms with E-state index >= 15 is 0 Å². The predicted molar refractivity (Wildman–Crippen MR) is 88.8 cm³/mol. The third kappa shape index (κ3) is 3.79. The Labute approximate surface area is 142 Å². The van der Waals surface area contributed by atoms with E-state index in [1.165, 1.54) is 0 Å². The highest BCUT2D eigenvalue weighted by atomic mass is 79.9. The minimum absolute atomic E-state index is 0.383. The Bertz CT molecular complexity index is 693. The Morgan fingerprint density at radius 2 is 2.00 bits per heavy atom. The summed E-state index contributed by atoms with van der Waals surface area (Å²) in [6.07, 6.45) is 4.66. The second-order valence-electron chi connectivity index (χ2n) is 5.36. The number of carboxylic acid groups (broad SMARTS) is 1. The Balaban J connectivity index is 1.82. The largest absolute Gasteiger partial charge is 0.481 e. The number of hydrogen-bond acceptors (Lipinski definition) is 5. The normalized spacial score (nSPS) is 17.8. The molecule has 2 heterocycles. The first-order valence-corrected chi connectivity index (χ1v) is 8.15. The van der Waals surface area contributed by atoms with Crippen LogP contribution in [0.25, 0.3) is 0 Å². The van der Waals surface area contributed by atoms with Crippen LogP contribution in [-0.2, 0) is 4.79 Å². The van der Waals surface area contributed by atoms with Crippen molar-refractivity contribution in [1.82, 2.24) is 9.97 Å². The van der Waals surface area contributed by atoms with Gasteiger partial charge in [0.05, 0.1) is 5.92 Å². The first kappa shape index (κ1) is 15.7. The summed E-state index contributed by atoms with van der Waals surface area (Å²) in [5, 5.41) is 9.24. The number of benzene rings is 1. The maximum atomic E-state index is 11.2. The third-order valence-corrected chi connectivity index (χ3v) is 4.27. The number of piperidine rings is 1. The molecule has 6 nitrogen and oxygen atoms in total. The molecular formula is C16H16BrN3O3. The Morgan fingerprint density at radius 1 is 1.26 bits per heavy atom. The number of aromatic nitrogens is 2. The van der Waals surface area contributed by atoms with Gasteiger partial charge in [-0.3, -0.25) is 4.79 Å². The van der Waals surface area contributed by atoms with Crippen LogP contribution in [0, 0.1) is 5.92 Å². The standard InChI is InChI=1S/C16H16BrN3O3/c17-12-3-5-13(6-4-12)23-15-14(18-7-8-19-15)20-9-1-2-11(10-20)16(21)22/h3-8,11H,1-2,9-10H2,(H,21,22). The highest BCUT2D eigenvalue weighted by Gasteiger charge is 2.28. The molecule has 1 aliphatic rings. The van der Waals surface area contributed by atoms with E-state index in [-0.39, 0.29) is 5.92 Å². The third-order valence-electron chi connectivity index (χ3n) is 3.74. The summed E-state index contributed by atoms with van der Waals surface area (Å²) in [6, 6.07) is 7.43. The van der Waals surface area contributed by atoms with Crippen LogP contribution in [0.3, 0.4) is 0 Å². The number of rotatable bonds is 4. The highest BCUT2D eigenvalue weighted by Crippen LogP contribution is 2.31. The summed E-state index contributed by atoms with van der Waals surface area (Å²) in [6.45, 7) is 1.17. The van der Waals surface area contributed by atoms with Gasteiger partial charge in [-0.2, -0.15) is 0 Å². The van der Waals surface area contributed by atoms with E-state index in [2.05, 4.69) is 25.9 Å². The lowest BCUT2D eigenvalue weighted by molar-refractivity contribution is -0.141. The molecule has 0 saturated carbocycles. The molecule has 0 aliphatic carbocycles. The first-order valence-electron chi connectivity index (χ1n) is 7.35. The smallest absolute Gasteiger partial charge is 0.308 e. The maximum Gasteiger partial charge on any atom is 0.308 e. The van der Waals surface area contributed by atoms with Crippen LogP contribution in [0.15, 0.2) is 41.1 Å². The molecule has 0 radical (unpaired) electrons. The van der Waals surface area contributed by atoms with Crippen molar-refractivity contribution in [2.24, 2.45) is 5.92 Å². The van der Waals surface area contributed by atoms with Crippen molar-refractivity contribution in [2.45, 2.75) is 12.8 Å². The van der Waals surface area contributed by atoms with Gasteiger partial charge in [0.15, 0.2) is 5.82 Å². The fourth-order valence-corrected chi connectivity index (χ4v) is 2.86. The molecular weight excluding hydrogens is 362 g/mol. The molecule has 2 aromatic rings. The van der Waals surface area contributed by atoms with Crippen molar-refractivity contribution >= 4 is 27.7 Å². The molecule has 3 rings (SSSR count). The molecule has 1 atom stereocenters. The van der Waals surface area contributed by atoms with E-state index in [1.54, 1.807) is 12.4 Å². The molecule has 0 spiro atoms. The number of halogens is 1. The molecule has 1 aliphatic heterocycles. The van der Waals surface area contributed by atoms with E-state index < -0.39 is 5.97 Å². The summed E-state index contributed by atoms with van der Waals surface area (Å²) in [5.74, 6) is 0.476. The summed E-state index contributed by atoms with van der Waals surface area (Å²) >= 11 is 3.38. The molecule has 1 saturated heterocycles. The quantitative estimate of drug-likeness (QED) is 0.880. The fraction of sp³-hybridized carbons (Fsp3) is 0.312. The monoisotopic (exact) mass is 377 g/mol. The lowest BCUT2D eigenvalue weighted by atomic mass is 9.98. The average molecular weight is 378 g/mol. The second-order valence-corrected chi connectivity index (χ2v) is 6.28. The van der Waals surface area contributed by atoms with Gasteiger partial charge in [0.2, 0.25) is 0 Å². The second kappa shape index (κ2) is 6.95. The van der Waals surface area contributed by atoms with Gasteiger partial charge < -0.3 is 14.7 Å². The first-order chi connectivity index (χ1) is 11.1. The number of nitrogens with zero attached hydrogens (tertiary/aromatic N) is 3. The molecule has 120 valence electrons. The van der Waals surface area contributed by atoms with E-state index in [4.69, 9.17) is 4.74 Å². The molecule has 23 heavy (non-hydrogen) atoms. The van der Waals surface area contributed by atoms with Gasteiger partial charge in [-0.1, -0.05) is 15.9 Å². The summed E-state index contributed by atoms with van der Waals surface area (Å²) in [5.41, 5.74) is 0. The SMILES string of the molecule is O=C(O)C1CCCN(c2nccnc2Oc2ccc(Br)cc2)C1. The fourth-order valence-electron chi connectivity index (χ4n) is 2.59. The summed E-state index contributed by atoms with van der Waals surface area (Å²) in [4.78, 5) is 21.8. The minimum Gasteiger partial charge on any atom is -0.481 e. The Morgan fingerprint density at radius 3 is 2.74 bits per heavy atom. The molecule has 7 heteroatoms.